The highest BCUT2D eigenvalue weighted by molar-refractivity contribution is 7.89. The molecule has 2 aromatic carbocycles. The van der Waals surface area contributed by atoms with E-state index in [1.54, 1.807) is 10.9 Å². The van der Waals surface area contributed by atoms with Crippen molar-refractivity contribution in [1.82, 2.24) is 19.4 Å². The van der Waals surface area contributed by atoms with E-state index in [4.69, 9.17) is 0 Å². The molecule has 0 unspecified atom stereocenters. The average Bonchev–Trinajstić information content (AvgIpc) is 3.33. The zero-order valence-corrected chi connectivity index (χ0v) is 17.6. The van der Waals surface area contributed by atoms with Gasteiger partial charge in [-0.05, 0) is 60.9 Å². The third-order valence-electron chi connectivity index (χ3n) is 5.38. The number of benzene rings is 2. The first-order valence-corrected chi connectivity index (χ1v) is 11.5. The summed E-state index contributed by atoms with van der Waals surface area (Å²) in [5, 5.41) is 7.09. The second-order valence-electron chi connectivity index (χ2n) is 7.49. The molecule has 1 N–H and O–H groups in total. The number of rotatable bonds is 6. The number of aromatic nitrogens is 2. The quantitative estimate of drug-likeness (QED) is 0.636. The standard InChI is InChI=1S/C22H23FN4O3S/c23-19-6-10-21(11-7-19)31(29,30)26-13-1-3-18(16-26)22(28)24-15-17-4-8-20(9-5-17)27-14-2-12-25-27/h2,4-12,14,18H,1,3,13,15-16H2,(H,24,28)/t18-/m1/s1. The molecule has 1 atom stereocenters. The normalized spacial score (nSPS) is 17.4. The maximum Gasteiger partial charge on any atom is 0.243 e. The lowest BCUT2D eigenvalue weighted by atomic mass is 9.99. The summed E-state index contributed by atoms with van der Waals surface area (Å²) in [5.41, 5.74) is 1.87. The molecule has 1 amide bonds. The molecule has 2 heterocycles. The summed E-state index contributed by atoms with van der Waals surface area (Å²) >= 11 is 0. The third-order valence-corrected chi connectivity index (χ3v) is 7.26. The lowest BCUT2D eigenvalue weighted by Crippen LogP contribution is -2.45. The van der Waals surface area contributed by atoms with Crippen molar-refractivity contribution in [3.8, 4) is 5.69 Å². The highest BCUT2D eigenvalue weighted by atomic mass is 32.2. The number of amides is 1. The second-order valence-corrected chi connectivity index (χ2v) is 9.43. The molecule has 0 bridgehead atoms. The van der Waals surface area contributed by atoms with Crippen LogP contribution in [0.4, 0.5) is 4.39 Å². The Bertz CT molecular complexity index is 1130. The van der Waals surface area contributed by atoms with Gasteiger partial charge in [0.15, 0.2) is 0 Å². The van der Waals surface area contributed by atoms with Crippen LogP contribution in [-0.4, -0.2) is 41.5 Å². The van der Waals surface area contributed by atoms with Crippen LogP contribution in [0.2, 0.25) is 0 Å². The fourth-order valence-corrected chi connectivity index (χ4v) is 5.18. The van der Waals surface area contributed by atoms with Crippen LogP contribution in [0, 0.1) is 11.7 Å². The van der Waals surface area contributed by atoms with E-state index in [9.17, 15) is 17.6 Å². The van der Waals surface area contributed by atoms with Gasteiger partial charge >= 0.3 is 0 Å². The van der Waals surface area contributed by atoms with E-state index in [0.29, 0.717) is 25.9 Å². The van der Waals surface area contributed by atoms with Gasteiger partial charge in [-0.3, -0.25) is 4.79 Å². The molecule has 0 saturated carbocycles. The minimum absolute atomic E-state index is 0.0345. The van der Waals surface area contributed by atoms with Crippen LogP contribution < -0.4 is 5.32 Å². The Morgan fingerprint density at radius 1 is 1.13 bits per heavy atom. The SMILES string of the molecule is O=C(NCc1ccc(-n2cccn2)cc1)[C@@H]1CCCN(S(=O)(=O)c2ccc(F)cc2)C1. The zero-order chi connectivity index (χ0) is 21.8. The number of carbonyl (C=O) groups is 1. The predicted molar refractivity (Wildman–Crippen MR) is 113 cm³/mol. The van der Waals surface area contributed by atoms with E-state index in [2.05, 4.69) is 10.4 Å². The molecule has 162 valence electrons. The van der Waals surface area contributed by atoms with Crippen LogP contribution in [0.1, 0.15) is 18.4 Å². The lowest BCUT2D eigenvalue weighted by molar-refractivity contribution is -0.126. The van der Waals surface area contributed by atoms with Gasteiger partial charge in [0.25, 0.3) is 0 Å². The number of carbonyl (C=O) groups excluding carboxylic acids is 1. The molecule has 4 rings (SSSR count). The maximum atomic E-state index is 13.1. The number of nitrogens with zero attached hydrogens (tertiary/aromatic N) is 3. The van der Waals surface area contributed by atoms with Crippen molar-refractivity contribution in [2.75, 3.05) is 13.1 Å². The monoisotopic (exact) mass is 442 g/mol. The Hall–Kier alpha value is -3.04. The molecule has 1 fully saturated rings. The molecular weight excluding hydrogens is 419 g/mol. The summed E-state index contributed by atoms with van der Waals surface area (Å²) in [6, 6.07) is 14.3. The Morgan fingerprint density at radius 2 is 1.87 bits per heavy atom. The van der Waals surface area contributed by atoms with Gasteiger partial charge in [-0.25, -0.2) is 17.5 Å². The average molecular weight is 443 g/mol. The van der Waals surface area contributed by atoms with Gasteiger partial charge in [0.1, 0.15) is 5.82 Å². The van der Waals surface area contributed by atoms with Gasteiger partial charge in [0, 0.05) is 32.0 Å². The van der Waals surface area contributed by atoms with Crippen molar-refractivity contribution < 1.29 is 17.6 Å². The van der Waals surface area contributed by atoms with Crippen LogP contribution in [0.25, 0.3) is 5.69 Å². The number of halogens is 1. The van der Waals surface area contributed by atoms with Gasteiger partial charge in [-0.15, -0.1) is 0 Å². The minimum Gasteiger partial charge on any atom is -0.352 e. The van der Waals surface area contributed by atoms with E-state index in [1.807, 2.05) is 36.5 Å². The van der Waals surface area contributed by atoms with Crippen LogP contribution in [0.3, 0.4) is 0 Å². The molecule has 3 aromatic rings. The predicted octanol–water partition coefficient (Wildman–Crippen LogP) is 2.73. The van der Waals surface area contributed by atoms with Gasteiger partial charge in [0.2, 0.25) is 15.9 Å². The maximum absolute atomic E-state index is 13.1. The molecule has 31 heavy (non-hydrogen) atoms. The van der Waals surface area contributed by atoms with E-state index in [-0.39, 0.29) is 17.3 Å². The molecule has 1 aromatic heterocycles. The van der Waals surface area contributed by atoms with Gasteiger partial charge in [-0.1, -0.05) is 12.1 Å². The summed E-state index contributed by atoms with van der Waals surface area (Å²) in [5.74, 6) is -1.09. The molecule has 1 aliphatic rings. The summed E-state index contributed by atoms with van der Waals surface area (Å²) in [6.07, 6.45) is 4.78. The topological polar surface area (TPSA) is 84.3 Å². The number of sulfonamides is 1. The molecule has 0 radical (unpaired) electrons. The van der Waals surface area contributed by atoms with Crippen molar-refractivity contribution in [2.24, 2.45) is 5.92 Å². The fraction of sp³-hybridized carbons (Fsp3) is 0.273. The molecule has 9 heteroatoms. The first-order chi connectivity index (χ1) is 14.9. The van der Waals surface area contributed by atoms with E-state index >= 15 is 0 Å². The molecular formula is C22H23FN4O3S. The molecule has 0 spiro atoms. The van der Waals surface area contributed by atoms with Crippen LogP contribution >= 0.6 is 0 Å². The zero-order valence-electron chi connectivity index (χ0n) is 16.8. The largest absolute Gasteiger partial charge is 0.352 e. The summed E-state index contributed by atoms with van der Waals surface area (Å²) in [7, 11) is -3.76. The number of piperidine rings is 1. The first kappa shape index (κ1) is 21.2. The van der Waals surface area contributed by atoms with E-state index in [1.165, 1.54) is 16.4 Å². The first-order valence-electron chi connectivity index (χ1n) is 10.1. The number of hydrogen-bond acceptors (Lipinski definition) is 4. The third kappa shape index (κ3) is 4.83. The summed E-state index contributed by atoms with van der Waals surface area (Å²) in [6.45, 7) is 0.821. The van der Waals surface area contributed by atoms with E-state index < -0.39 is 21.8 Å². The van der Waals surface area contributed by atoms with Gasteiger partial charge < -0.3 is 5.32 Å². The number of nitrogens with one attached hydrogen (secondary N) is 1. The molecule has 7 nitrogen and oxygen atoms in total. The van der Waals surface area contributed by atoms with Crippen molar-refractivity contribution in [2.45, 2.75) is 24.3 Å². The minimum atomic E-state index is -3.76. The smallest absolute Gasteiger partial charge is 0.243 e. The Balaban J connectivity index is 1.36. The van der Waals surface area contributed by atoms with Crippen LogP contribution in [0.5, 0.6) is 0 Å². The molecule has 1 aliphatic heterocycles. The highest BCUT2D eigenvalue weighted by Crippen LogP contribution is 2.24. The lowest BCUT2D eigenvalue weighted by Gasteiger charge is -2.31. The van der Waals surface area contributed by atoms with Crippen molar-refractivity contribution in [3.05, 3.63) is 78.4 Å². The van der Waals surface area contributed by atoms with Gasteiger partial charge in [0.05, 0.1) is 16.5 Å². The molecule has 1 saturated heterocycles. The van der Waals surface area contributed by atoms with Crippen molar-refractivity contribution in [1.29, 1.82) is 0 Å². The van der Waals surface area contributed by atoms with Crippen molar-refractivity contribution in [3.63, 3.8) is 0 Å². The van der Waals surface area contributed by atoms with Gasteiger partial charge in [-0.2, -0.15) is 9.40 Å². The fourth-order valence-electron chi connectivity index (χ4n) is 3.65. The number of hydrogen-bond donors (Lipinski definition) is 1. The summed E-state index contributed by atoms with van der Waals surface area (Å²) < 4.78 is 41.9. The van der Waals surface area contributed by atoms with E-state index in [0.717, 1.165) is 23.4 Å². The van der Waals surface area contributed by atoms with Crippen LogP contribution in [0.15, 0.2) is 71.9 Å². The Labute approximate surface area is 180 Å². The second kappa shape index (κ2) is 8.99. The summed E-state index contributed by atoms with van der Waals surface area (Å²) in [4.78, 5) is 12.7. The van der Waals surface area contributed by atoms with Crippen molar-refractivity contribution >= 4 is 15.9 Å². The highest BCUT2D eigenvalue weighted by Gasteiger charge is 2.33. The Kier molecular flexibility index (Phi) is 6.15. The molecule has 0 aliphatic carbocycles. The Morgan fingerprint density at radius 3 is 2.55 bits per heavy atom. The van der Waals surface area contributed by atoms with Crippen LogP contribution in [-0.2, 0) is 21.4 Å².